The van der Waals surface area contributed by atoms with Crippen LogP contribution >= 0.6 is 22.7 Å². The predicted molar refractivity (Wildman–Crippen MR) is 69.5 cm³/mol. The Kier molecular flexibility index (Phi) is 8.59. The summed E-state index contributed by atoms with van der Waals surface area (Å²) < 4.78 is 0. The summed E-state index contributed by atoms with van der Waals surface area (Å²) >= 11 is 3.56. The Labute approximate surface area is 95.2 Å². The minimum absolute atomic E-state index is 1.38. The van der Waals surface area contributed by atoms with Gasteiger partial charge in [-0.25, -0.2) is 0 Å². The average Bonchev–Trinajstić information content (AvgIpc) is 2.83. The lowest BCUT2D eigenvalue weighted by Gasteiger charge is -1.65. The van der Waals surface area contributed by atoms with Crippen molar-refractivity contribution in [2.45, 2.75) is 27.7 Å². The number of hydrogen-bond donors (Lipinski definition) is 0. The Hall–Kier alpha value is -0.600. The van der Waals surface area contributed by atoms with Crippen molar-refractivity contribution in [3.8, 4) is 0 Å². The van der Waals surface area contributed by atoms with Crippen LogP contribution in [-0.4, -0.2) is 0 Å². The smallest absolute Gasteiger partial charge is 0.00141 e. The van der Waals surface area contributed by atoms with Crippen molar-refractivity contribution in [2.24, 2.45) is 0 Å². The van der Waals surface area contributed by atoms with Gasteiger partial charge < -0.3 is 0 Å². The lowest BCUT2D eigenvalue weighted by molar-refractivity contribution is 1.50. The third-order valence-corrected chi connectivity index (χ3v) is 2.93. The van der Waals surface area contributed by atoms with Gasteiger partial charge in [0.2, 0.25) is 0 Å². The van der Waals surface area contributed by atoms with E-state index in [0.29, 0.717) is 0 Å². The van der Waals surface area contributed by atoms with Gasteiger partial charge in [-0.15, -0.1) is 22.7 Å². The van der Waals surface area contributed by atoms with Gasteiger partial charge in [0.1, 0.15) is 0 Å². The molecule has 2 rings (SSSR count). The molecule has 0 aliphatic carbocycles. The molecule has 2 heterocycles. The predicted octanol–water partition coefficient (Wildman–Crippen LogP) is 5.14. The molecule has 0 aromatic carbocycles. The van der Waals surface area contributed by atoms with E-state index in [2.05, 4.69) is 48.9 Å². The molecule has 78 valence electrons. The van der Waals surface area contributed by atoms with Crippen molar-refractivity contribution < 1.29 is 0 Å². The number of aryl methyl sites for hydroxylation is 2. The largest absolute Gasteiger partial charge is 0.149 e. The average molecular weight is 226 g/mol. The third-order valence-electron chi connectivity index (χ3n) is 1.33. The second-order valence-electron chi connectivity index (χ2n) is 2.45. The molecule has 0 aliphatic rings. The second kappa shape index (κ2) is 8.97. The fraction of sp³-hybridized carbons (Fsp3) is 0.333. The molecule has 2 aromatic rings. The zero-order valence-electron chi connectivity index (χ0n) is 9.28. The zero-order chi connectivity index (χ0) is 10.8. The van der Waals surface area contributed by atoms with Crippen LogP contribution in [0.1, 0.15) is 23.6 Å². The summed E-state index contributed by atoms with van der Waals surface area (Å²) in [7, 11) is 0. The minimum Gasteiger partial charge on any atom is -0.149 e. The molecule has 0 amide bonds. The van der Waals surface area contributed by atoms with Crippen LogP contribution in [0.25, 0.3) is 0 Å². The fourth-order valence-corrected chi connectivity index (χ4v) is 1.78. The highest BCUT2D eigenvalue weighted by molar-refractivity contribution is 7.10. The summed E-state index contributed by atoms with van der Waals surface area (Å²) in [6, 6.07) is 8.31. The molecule has 0 radical (unpaired) electrons. The Bertz CT molecular complexity index is 248. The van der Waals surface area contributed by atoms with E-state index in [4.69, 9.17) is 0 Å². The van der Waals surface area contributed by atoms with Gasteiger partial charge in [-0.3, -0.25) is 0 Å². The SMILES string of the molecule is CC.Cc1cccs1.Cc1cccs1. The minimum atomic E-state index is 1.38. The molecule has 0 fully saturated rings. The first-order chi connectivity index (χ1) is 6.79. The van der Waals surface area contributed by atoms with Gasteiger partial charge in [-0.05, 0) is 36.7 Å². The quantitative estimate of drug-likeness (QED) is 0.583. The molecule has 0 unspecified atom stereocenters. The summed E-state index contributed by atoms with van der Waals surface area (Å²) in [5.74, 6) is 0. The van der Waals surface area contributed by atoms with E-state index >= 15 is 0 Å². The van der Waals surface area contributed by atoms with Crippen LogP contribution in [0.3, 0.4) is 0 Å². The first kappa shape index (κ1) is 13.4. The number of thiophene rings is 2. The van der Waals surface area contributed by atoms with Crippen LogP contribution in [0.2, 0.25) is 0 Å². The third kappa shape index (κ3) is 6.87. The highest BCUT2D eigenvalue weighted by Gasteiger charge is 1.75. The fourth-order valence-electron chi connectivity index (χ4n) is 0.721. The molecule has 2 aromatic heterocycles. The molecule has 2 heteroatoms. The van der Waals surface area contributed by atoms with Crippen LogP contribution < -0.4 is 0 Å². The van der Waals surface area contributed by atoms with Crippen LogP contribution in [0, 0.1) is 13.8 Å². The van der Waals surface area contributed by atoms with E-state index in [0.717, 1.165) is 0 Å². The molecular weight excluding hydrogens is 208 g/mol. The molecule has 14 heavy (non-hydrogen) atoms. The Morgan fingerprint density at radius 1 is 0.786 bits per heavy atom. The topological polar surface area (TPSA) is 0 Å². The van der Waals surface area contributed by atoms with Crippen LogP contribution in [0.15, 0.2) is 35.0 Å². The van der Waals surface area contributed by atoms with E-state index in [9.17, 15) is 0 Å². The molecule has 0 aliphatic heterocycles. The maximum Gasteiger partial charge on any atom is 0.00141 e. The molecule has 0 atom stereocenters. The number of rotatable bonds is 0. The van der Waals surface area contributed by atoms with E-state index in [1.165, 1.54) is 9.75 Å². The molecule has 0 nitrogen and oxygen atoms in total. The van der Waals surface area contributed by atoms with Crippen LogP contribution in [0.4, 0.5) is 0 Å². The van der Waals surface area contributed by atoms with Gasteiger partial charge in [0.25, 0.3) is 0 Å². The summed E-state index contributed by atoms with van der Waals surface area (Å²) in [5.41, 5.74) is 0. The van der Waals surface area contributed by atoms with Gasteiger partial charge in [0.15, 0.2) is 0 Å². The number of hydrogen-bond acceptors (Lipinski definition) is 2. The first-order valence-corrected chi connectivity index (χ1v) is 6.55. The lowest BCUT2D eigenvalue weighted by Crippen LogP contribution is -1.43. The maximum absolute atomic E-state index is 2.10. The highest BCUT2D eigenvalue weighted by atomic mass is 32.1. The van der Waals surface area contributed by atoms with Crippen molar-refractivity contribution in [1.82, 2.24) is 0 Å². The van der Waals surface area contributed by atoms with Crippen molar-refractivity contribution in [3.05, 3.63) is 44.8 Å². The van der Waals surface area contributed by atoms with Gasteiger partial charge >= 0.3 is 0 Å². The summed E-state index contributed by atoms with van der Waals surface area (Å²) in [6.45, 7) is 8.20. The normalized spacial score (nSPS) is 8.00. The zero-order valence-corrected chi connectivity index (χ0v) is 10.9. The molecule has 0 saturated carbocycles. The highest BCUT2D eigenvalue weighted by Crippen LogP contribution is 2.04. The van der Waals surface area contributed by atoms with Crippen molar-refractivity contribution in [3.63, 3.8) is 0 Å². The van der Waals surface area contributed by atoms with E-state index in [1.54, 1.807) is 22.7 Å². The van der Waals surface area contributed by atoms with Crippen LogP contribution in [-0.2, 0) is 0 Å². The Morgan fingerprint density at radius 2 is 1.14 bits per heavy atom. The monoisotopic (exact) mass is 226 g/mol. The van der Waals surface area contributed by atoms with Crippen molar-refractivity contribution in [2.75, 3.05) is 0 Å². The second-order valence-corrected chi connectivity index (χ2v) is 4.75. The van der Waals surface area contributed by atoms with Gasteiger partial charge in [0, 0.05) is 9.75 Å². The summed E-state index contributed by atoms with van der Waals surface area (Å²) in [6.07, 6.45) is 0. The molecule has 0 spiro atoms. The van der Waals surface area contributed by atoms with E-state index < -0.39 is 0 Å². The maximum atomic E-state index is 2.10. The van der Waals surface area contributed by atoms with Crippen molar-refractivity contribution in [1.29, 1.82) is 0 Å². The lowest BCUT2D eigenvalue weighted by atomic mass is 10.5. The van der Waals surface area contributed by atoms with Gasteiger partial charge in [-0.2, -0.15) is 0 Å². The van der Waals surface area contributed by atoms with Crippen molar-refractivity contribution >= 4 is 22.7 Å². The standard InChI is InChI=1S/2C5H6S.C2H6/c2*1-5-3-2-4-6-5;1-2/h2*2-4H,1H3;1-2H3. The van der Waals surface area contributed by atoms with Gasteiger partial charge in [0.05, 0.1) is 0 Å². The van der Waals surface area contributed by atoms with Gasteiger partial charge in [-0.1, -0.05) is 26.0 Å². The Balaban J connectivity index is 0.000000206. The molecular formula is C12H18S2. The first-order valence-electron chi connectivity index (χ1n) is 4.79. The summed E-state index contributed by atoms with van der Waals surface area (Å²) in [4.78, 5) is 2.77. The molecule has 0 saturated heterocycles. The van der Waals surface area contributed by atoms with Crippen LogP contribution in [0.5, 0.6) is 0 Å². The molecule has 0 N–H and O–H groups in total. The molecule has 0 bridgehead atoms. The van der Waals surface area contributed by atoms with E-state index in [-0.39, 0.29) is 0 Å². The Morgan fingerprint density at radius 3 is 1.21 bits per heavy atom. The van der Waals surface area contributed by atoms with E-state index in [1.807, 2.05) is 13.8 Å². The summed E-state index contributed by atoms with van der Waals surface area (Å²) in [5, 5.41) is 4.16.